The Morgan fingerprint density at radius 1 is 1.19 bits per heavy atom. The van der Waals surface area contributed by atoms with E-state index in [9.17, 15) is 9.59 Å². The van der Waals surface area contributed by atoms with Crippen LogP contribution in [0.5, 0.6) is 5.75 Å². The summed E-state index contributed by atoms with van der Waals surface area (Å²) < 4.78 is 11.1. The molecule has 6 heteroatoms. The van der Waals surface area contributed by atoms with Crippen LogP contribution in [0.4, 0.5) is 5.00 Å². The number of anilines is 1. The van der Waals surface area contributed by atoms with Gasteiger partial charge in [0.1, 0.15) is 10.8 Å². The first-order valence-electron chi connectivity index (χ1n) is 9.39. The van der Waals surface area contributed by atoms with Crippen molar-refractivity contribution < 1.29 is 19.1 Å². The van der Waals surface area contributed by atoms with Gasteiger partial charge in [-0.05, 0) is 57.2 Å². The van der Waals surface area contributed by atoms with Crippen LogP contribution in [0.2, 0.25) is 0 Å². The lowest BCUT2D eigenvalue weighted by Crippen LogP contribution is -2.32. The quantitative estimate of drug-likeness (QED) is 0.710. The van der Waals surface area contributed by atoms with Gasteiger partial charge in [0.15, 0.2) is 6.10 Å². The van der Waals surface area contributed by atoms with E-state index in [1.165, 1.54) is 16.2 Å². The van der Waals surface area contributed by atoms with Crippen molar-refractivity contribution in [1.82, 2.24) is 0 Å². The maximum absolute atomic E-state index is 12.8. The average Bonchev–Trinajstić information content (AvgIpc) is 3.21. The van der Waals surface area contributed by atoms with E-state index >= 15 is 0 Å². The largest absolute Gasteiger partial charge is 0.481 e. The summed E-state index contributed by atoms with van der Waals surface area (Å²) in [5.74, 6) is 0.0464. The molecule has 3 rings (SSSR count). The Kier molecular flexibility index (Phi) is 6.16. The van der Waals surface area contributed by atoms with E-state index in [0.29, 0.717) is 29.3 Å². The zero-order valence-electron chi connectivity index (χ0n) is 16.0. The Balaban J connectivity index is 1.78. The zero-order valence-corrected chi connectivity index (χ0v) is 16.8. The van der Waals surface area contributed by atoms with E-state index in [1.54, 1.807) is 6.92 Å². The van der Waals surface area contributed by atoms with Gasteiger partial charge in [0.05, 0.1) is 12.2 Å². The lowest BCUT2D eigenvalue weighted by atomic mass is 10.1. The van der Waals surface area contributed by atoms with Gasteiger partial charge >= 0.3 is 5.97 Å². The minimum Gasteiger partial charge on any atom is -0.481 e. The molecular weight excluding hydrogens is 362 g/mol. The minimum absolute atomic E-state index is 0.247. The zero-order chi connectivity index (χ0) is 19.4. The van der Waals surface area contributed by atoms with Crippen molar-refractivity contribution in [1.29, 1.82) is 0 Å². The maximum atomic E-state index is 12.8. The third kappa shape index (κ3) is 4.33. The number of nitrogens with one attached hydrogen (secondary N) is 1. The maximum Gasteiger partial charge on any atom is 0.341 e. The molecule has 144 valence electrons. The summed E-state index contributed by atoms with van der Waals surface area (Å²) in [6, 6.07) is 7.61. The summed E-state index contributed by atoms with van der Waals surface area (Å²) in [5, 5.41) is 3.49. The lowest BCUT2D eigenvalue weighted by molar-refractivity contribution is -0.122. The molecule has 1 aromatic carbocycles. The van der Waals surface area contributed by atoms with Gasteiger partial charge in [-0.25, -0.2) is 4.79 Å². The topological polar surface area (TPSA) is 64.6 Å². The number of amides is 1. The van der Waals surface area contributed by atoms with Gasteiger partial charge in [0.25, 0.3) is 5.91 Å². The third-order valence-corrected chi connectivity index (χ3v) is 5.81. The van der Waals surface area contributed by atoms with Crippen LogP contribution in [0.15, 0.2) is 24.3 Å². The van der Waals surface area contributed by atoms with Crippen molar-refractivity contribution in [3.05, 3.63) is 45.8 Å². The van der Waals surface area contributed by atoms with Crippen LogP contribution < -0.4 is 10.1 Å². The Hall–Kier alpha value is -2.34. The van der Waals surface area contributed by atoms with Crippen LogP contribution in [0.3, 0.4) is 0 Å². The molecule has 0 radical (unpaired) electrons. The molecule has 0 fully saturated rings. The van der Waals surface area contributed by atoms with Crippen molar-refractivity contribution in [3.63, 3.8) is 0 Å². The van der Waals surface area contributed by atoms with E-state index in [2.05, 4.69) is 5.32 Å². The SMILES string of the molecule is CCOC(=O)c1c(NC(=O)C(CC)Oc2ccc(C)cc2)sc2c1CCC2. The minimum atomic E-state index is -0.625. The Morgan fingerprint density at radius 3 is 2.59 bits per heavy atom. The summed E-state index contributed by atoms with van der Waals surface area (Å²) in [7, 11) is 0. The van der Waals surface area contributed by atoms with Gasteiger partial charge in [-0.1, -0.05) is 24.6 Å². The van der Waals surface area contributed by atoms with E-state index in [-0.39, 0.29) is 11.9 Å². The second-order valence-corrected chi connectivity index (χ2v) is 7.70. The number of hydrogen-bond donors (Lipinski definition) is 1. The van der Waals surface area contributed by atoms with Gasteiger partial charge in [0.2, 0.25) is 0 Å². The molecule has 1 aliphatic carbocycles. The number of hydrogen-bond acceptors (Lipinski definition) is 5. The number of aryl methyl sites for hydroxylation is 2. The molecule has 0 saturated carbocycles. The van der Waals surface area contributed by atoms with Crippen LogP contribution in [0, 0.1) is 6.92 Å². The number of thiophene rings is 1. The molecule has 0 spiro atoms. The van der Waals surface area contributed by atoms with Crippen molar-refractivity contribution >= 4 is 28.2 Å². The Morgan fingerprint density at radius 2 is 1.93 bits per heavy atom. The van der Waals surface area contributed by atoms with E-state index in [1.807, 2.05) is 38.1 Å². The molecule has 0 aliphatic heterocycles. The number of rotatable bonds is 7. The van der Waals surface area contributed by atoms with Crippen LogP contribution in [-0.2, 0) is 22.4 Å². The molecule has 1 N–H and O–H groups in total. The van der Waals surface area contributed by atoms with Gasteiger partial charge in [-0.2, -0.15) is 0 Å². The molecule has 1 aliphatic rings. The van der Waals surface area contributed by atoms with E-state index in [4.69, 9.17) is 9.47 Å². The summed E-state index contributed by atoms with van der Waals surface area (Å²) in [5.41, 5.74) is 2.68. The summed E-state index contributed by atoms with van der Waals surface area (Å²) in [6.45, 7) is 6.00. The van der Waals surface area contributed by atoms with Gasteiger partial charge in [-0.3, -0.25) is 4.79 Å². The second-order valence-electron chi connectivity index (χ2n) is 6.60. The summed E-state index contributed by atoms with van der Waals surface area (Å²) in [4.78, 5) is 26.4. The molecule has 1 amide bonds. The molecular formula is C21H25NO4S. The fourth-order valence-electron chi connectivity index (χ4n) is 3.21. The first-order chi connectivity index (χ1) is 13.0. The highest BCUT2D eigenvalue weighted by Crippen LogP contribution is 2.39. The Labute approximate surface area is 163 Å². The number of carbonyl (C=O) groups is 2. The molecule has 1 heterocycles. The smallest absolute Gasteiger partial charge is 0.341 e. The molecule has 5 nitrogen and oxygen atoms in total. The number of fused-ring (bicyclic) bond motifs is 1. The predicted octanol–water partition coefficient (Wildman–Crippen LogP) is 4.52. The summed E-state index contributed by atoms with van der Waals surface area (Å²) >= 11 is 1.48. The van der Waals surface area contributed by atoms with Gasteiger partial charge in [0, 0.05) is 4.88 Å². The molecule has 0 saturated heterocycles. The molecule has 0 bridgehead atoms. The molecule has 1 unspecified atom stereocenters. The van der Waals surface area contributed by atoms with Crippen LogP contribution in [0.1, 0.15) is 53.1 Å². The van der Waals surface area contributed by atoms with Crippen molar-refractivity contribution in [3.8, 4) is 5.75 Å². The fourth-order valence-corrected chi connectivity index (χ4v) is 4.49. The van der Waals surface area contributed by atoms with Crippen LogP contribution in [0.25, 0.3) is 0 Å². The highest BCUT2D eigenvalue weighted by molar-refractivity contribution is 7.17. The average molecular weight is 388 g/mol. The first-order valence-corrected chi connectivity index (χ1v) is 10.2. The number of benzene rings is 1. The highest BCUT2D eigenvalue weighted by atomic mass is 32.1. The predicted molar refractivity (Wildman–Crippen MR) is 107 cm³/mol. The standard InChI is InChI=1S/C21H25NO4S/c1-4-16(26-14-11-9-13(3)10-12-14)19(23)22-20-18(21(24)25-5-2)15-7-6-8-17(15)27-20/h9-12,16H,4-8H2,1-3H3,(H,22,23). The second kappa shape index (κ2) is 8.57. The lowest BCUT2D eigenvalue weighted by Gasteiger charge is -2.17. The highest BCUT2D eigenvalue weighted by Gasteiger charge is 2.29. The van der Waals surface area contributed by atoms with Crippen molar-refractivity contribution in [2.45, 2.75) is 52.6 Å². The molecule has 2 aromatic rings. The first kappa shape index (κ1) is 19.4. The van der Waals surface area contributed by atoms with E-state index < -0.39 is 6.10 Å². The number of carbonyl (C=O) groups excluding carboxylic acids is 2. The van der Waals surface area contributed by atoms with Crippen LogP contribution >= 0.6 is 11.3 Å². The molecule has 1 aromatic heterocycles. The number of esters is 1. The van der Waals surface area contributed by atoms with Crippen molar-refractivity contribution in [2.24, 2.45) is 0 Å². The fraction of sp³-hybridized carbons (Fsp3) is 0.429. The Bertz CT molecular complexity index is 825. The van der Waals surface area contributed by atoms with Crippen LogP contribution in [-0.4, -0.2) is 24.6 Å². The van der Waals surface area contributed by atoms with Gasteiger partial charge < -0.3 is 14.8 Å². The monoisotopic (exact) mass is 387 g/mol. The van der Waals surface area contributed by atoms with E-state index in [0.717, 1.165) is 30.4 Å². The molecule has 27 heavy (non-hydrogen) atoms. The summed E-state index contributed by atoms with van der Waals surface area (Å²) in [6.07, 6.45) is 2.74. The normalized spacial score (nSPS) is 13.7. The van der Waals surface area contributed by atoms with Gasteiger partial charge in [-0.15, -0.1) is 11.3 Å². The third-order valence-electron chi connectivity index (χ3n) is 4.60. The van der Waals surface area contributed by atoms with Crippen molar-refractivity contribution in [2.75, 3.05) is 11.9 Å². The number of ether oxygens (including phenoxy) is 2. The molecule has 1 atom stereocenters.